The number of thiazole rings is 1. The van der Waals surface area contributed by atoms with E-state index in [0.717, 1.165) is 11.7 Å². The molecule has 0 aromatic carbocycles. The van der Waals surface area contributed by atoms with Crippen molar-refractivity contribution in [2.45, 2.75) is 20.8 Å². The van der Waals surface area contributed by atoms with Gasteiger partial charge in [0.25, 0.3) is 0 Å². The largest absolute Gasteiger partial charge is 0.465 e. The maximum atomic E-state index is 11.1. The van der Waals surface area contributed by atoms with Gasteiger partial charge in [-0.05, 0) is 5.41 Å². The fourth-order valence-corrected chi connectivity index (χ4v) is 1.62. The van der Waals surface area contributed by atoms with Crippen molar-refractivity contribution in [1.82, 2.24) is 4.98 Å². The Bertz CT molecular complexity index is 341. The molecular formula is C10H16N2O2S. The third kappa shape index (κ3) is 3.87. The molecule has 1 rings (SSSR count). The molecule has 1 heterocycles. The van der Waals surface area contributed by atoms with Crippen LogP contribution in [0.25, 0.3) is 0 Å². The maximum Gasteiger partial charge on any atom is 0.349 e. The third-order valence-electron chi connectivity index (χ3n) is 1.66. The molecule has 15 heavy (non-hydrogen) atoms. The fourth-order valence-electron chi connectivity index (χ4n) is 0.892. The Labute approximate surface area is 93.7 Å². The Morgan fingerprint density at radius 1 is 1.60 bits per heavy atom. The van der Waals surface area contributed by atoms with Gasteiger partial charge in [-0.3, -0.25) is 0 Å². The minimum absolute atomic E-state index is 0.192. The smallest absolute Gasteiger partial charge is 0.349 e. The fraction of sp³-hybridized carbons (Fsp3) is 0.600. The topological polar surface area (TPSA) is 51.2 Å². The van der Waals surface area contributed by atoms with Crippen LogP contribution in [0, 0.1) is 5.41 Å². The number of anilines is 1. The lowest BCUT2D eigenvalue weighted by Crippen LogP contribution is -2.18. The zero-order chi connectivity index (χ0) is 11.5. The first kappa shape index (κ1) is 12.0. The highest BCUT2D eigenvalue weighted by Gasteiger charge is 2.13. The van der Waals surface area contributed by atoms with Crippen LogP contribution in [0.5, 0.6) is 0 Å². The van der Waals surface area contributed by atoms with E-state index in [9.17, 15) is 4.79 Å². The van der Waals surface area contributed by atoms with Crippen LogP contribution in [-0.4, -0.2) is 24.6 Å². The number of ether oxygens (including phenoxy) is 1. The number of methoxy groups -OCH3 is 1. The highest BCUT2D eigenvalue weighted by atomic mass is 32.1. The minimum atomic E-state index is -0.337. The van der Waals surface area contributed by atoms with Crippen LogP contribution in [0.2, 0.25) is 0 Å². The first-order chi connectivity index (χ1) is 6.92. The lowest BCUT2D eigenvalue weighted by Gasteiger charge is -2.17. The van der Waals surface area contributed by atoms with Crippen molar-refractivity contribution in [3.05, 3.63) is 11.1 Å². The van der Waals surface area contributed by atoms with Gasteiger partial charge in [-0.15, -0.1) is 0 Å². The molecule has 0 spiro atoms. The van der Waals surface area contributed by atoms with Gasteiger partial charge >= 0.3 is 5.97 Å². The summed E-state index contributed by atoms with van der Waals surface area (Å²) in [5.41, 5.74) is 0.192. The molecule has 0 bridgehead atoms. The van der Waals surface area contributed by atoms with Crippen LogP contribution in [-0.2, 0) is 4.74 Å². The third-order valence-corrected chi connectivity index (χ3v) is 2.60. The molecule has 1 aromatic rings. The summed E-state index contributed by atoms with van der Waals surface area (Å²) in [5, 5.41) is 3.94. The molecule has 0 fully saturated rings. The van der Waals surface area contributed by atoms with Crippen LogP contribution in [0.4, 0.5) is 5.13 Å². The van der Waals surface area contributed by atoms with Crippen molar-refractivity contribution in [1.29, 1.82) is 0 Å². The summed E-state index contributed by atoms with van der Waals surface area (Å²) in [7, 11) is 1.37. The summed E-state index contributed by atoms with van der Waals surface area (Å²) in [6, 6.07) is 0. The predicted octanol–water partition coefficient (Wildman–Crippen LogP) is 2.39. The SMILES string of the molecule is COC(=O)c1cnc(NCC(C)(C)C)s1. The van der Waals surface area contributed by atoms with Gasteiger partial charge in [0.2, 0.25) is 0 Å². The molecule has 84 valence electrons. The molecule has 0 saturated carbocycles. The van der Waals surface area contributed by atoms with E-state index in [1.807, 2.05) is 0 Å². The molecule has 0 atom stereocenters. The average molecular weight is 228 g/mol. The van der Waals surface area contributed by atoms with Gasteiger partial charge in [0, 0.05) is 6.54 Å². The summed E-state index contributed by atoms with van der Waals surface area (Å²) in [6.07, 6.45) is 1.53. The zero-order valence-corrected chi connectivity index (χ0v) is 10.3. The molecule has 1 aromatic heterocycles. The van der Waals surface area contributed by atoms with Crippen LogP contribution in [0.1, 0.15) is 30.4 Å². The number of aromatic nitrogens is 1. The number of hydrogen-bond acceptors (Lipinski definition) is 5. The lowest BCUT2D eigenvalue weighted by atomic mass is 9.97. The van der Waals surface area contributed by atoms with E-state index in [-0.39, 0.29) is 11.4 Å². The van der Waals surface area contributed by atoms with E-state index in [0.29, 0.717) is 4.88 Å². The first-order valence-corrected chi connectivity index (χ1v) is 5.52. The quantitative estimate of drug-likeness (QED) is 0.807. The second-order valence-corrected chi connectivity index (χ2v) is 5.47. The van der Waals surface area contributed by atoms with Gasteiger partial charge < -0.3 is 10.1 Å². The predicted molar refractivity (Wildman–Crippen MR) is 61.4 cm³/mol. The number of esters is 1. The first-order valence-electron chi connectivity index (χ1n) is 4.70. The standard InChI is InChI=1S/C10H16N2O2S/c1-10(2,3)6-12-9-11-5-7(15-9)8(13)14-4/h5H,6H2,1-4H3,(H,11,12). The van der Waals surface area contributed by atoms with Crippen molar-refractivity contribution in [3.63, 3.8) is 0 Å². The Hall–Kier alpha value is -1.10. The lowest BCUT2D eigenvalue weighted by molar-refractivity contribution is 0.0606. The van der Waals surface area contributed by atoms with Crippen molar-refractivity contribution in [2.24, 2.45) is 5.41 Å². The number of nitrogens with zero attached hydrogens (tertiary/aromatic N) is 1. The van der Waals surface area contributed by atoms with E-state index >= 15 is 0 Å². The van der Waals surface area contributed by atoms with Gasteiger partial charge in [-0.1, -0.05) is 32.1 Å². The number of carbonyl (C=O) groups excluding carboxylic acids is 1. The Morgan fingerprint density at radius 2 is 2.27 bits per heavy atom. The number of rotatable bonds is 3. The number of carbonyl (C=O) groups is 1. The molecule has 5 heteroatoms. The highest BCUT2D eigenvalue weighted by molar-refractivity contribution is 7.17. The van der Waals surface area contributed by atoms with E-state index < -0.39 is 0 Å². The summed E-state index contributed by atoms with van der Waals surface area (Å²) in [5.74, 6) is -0.337. The molecule has 0 unspecified atom stereocenters. The van der Waals surface area contributed by atoms with Crippen LogP contribution in [0.3, 0.4) is 0 Å². The average Bonchev–Trinajstić information content (AvgIpc) is 2.61. The molecule has 0 aliphatic carbocycles. The molecule has 0 aliphatic rings. The Kier molecular flexibility index (Phi) is 3.68. The second-order valence-electron chi connectivity index (χ2n) is 4.44. The van der Waals surface area contributed by atoms with Gasteiger partial charge in [-0.25, -0.2) is 9.78 Å². The van der Waals surface area contributed by atoms with Crippen LogP contribution >= 0.6 is 11.3 Å². The van der Waals surface area contributed by atoms with E-state index in [1.54, 1.807) is 0 Å². The second kappa shape index (κ2) is 4.61. The van der Waals surface area contributed by atoms with E-state index in [2.05, 4.69) is 35.8 Å². The number of hydrogen-bond donors (Lipinski definition) is 1. The summed E-state index contributed by atoms with van der Waals surface area (Å²) < 4.78 is 4.60. The summed E-state index contributed by atoms with van der Waals surface area (Å²) in [4.78, 5) is 15.8. The van der Waals surface area contributed by atoms with Crippen molar-refractivity contribution < 1.29 is 9.53 Å². The van der Waals surface area contributed by atoms with E-state index in [4.69, 9.17) is 0 Å². The Morgan fingerprint density at radius 3 is 2.80 bits per heavy atom. The monoisotopic (exact) mass is 228 g/mol. The summed E-state index contributed by atoms with van der Waals surface area (Å²) in [6.45, 7) is 7.22. The molecule has 1 N–H and O–H groups in total. The van der Waals surface area contributed by atoms with Gasteiger partial charge in [0.15, 0.2) is 5.13 Å². The van der Waals surface area contributed by atoms with Gasteiger partial charge in [0.1, 0.15) is 4.88 Å². The van der Waals surface area contributed by atoms with Crippen molar-refractivity contribution in [2.75, 3.05) is 19.0 Å². The van der Waals surface area contributed by atoms with Crippen molar-refractivity contribution >= 4 is 22.4 Å². The van der Waals surface area contributed by atoms with Crippen LogP contribution in [0.15, 0.2) is 6.20 Å². The normalized spacial score (nSPS) is 11.2. The Balaban J connectivity index is 2.57. The summed E-state index contributed by atoms with van der Waals surface area (Å²) >= 11 is 1.31. The van der Waals surface area contributed by atoms with Gasteiger partial charge in [-0.2, -0.15) is 0 Å². The van der Waals surface area contributed by atoms with Crippen molar-refractivity contribution in [3.8, 4) is 0 Å². The van der Waals surface area contributed by atoms with Crippen LogP contribution < -0.4 is 5.32 Å². The highest BCUT2D eigenvalue weighted by Crippen LogP contribution is 2.21. The van der Waals surface area contributed by atoms with Gasteiger partial charge in [0.05, 0.1) is 13.3 Å². The maximum absolute atomic E-state index is 11.1. The molecule has 0 aliphatic heterocycles. The molecule has 4 nitrogen and oxygen atoms in total. The molecule has 0 radical (unpaired) electrons. The molecule has 0 saturated heterocycles. The minimum Gasteiger partial charge on any atom is -0.465 e. The zero-order valence-electron chi connectivity index (χ0n) is 9.46. The van der Waals surface area contributed by atoms with E-state index in [1.165, 1.54) is 24.6 Å². The number of nitrogens with one attached hydrogen (secondary N) is 1. The molecular weight excluding hydrogens is 212 g/mol. The molecule has 0 amide bonds.